The van der Waals surface area contributed by atoms with Gasteiger partial charge in [-0.1, -0.05) is 18.2 Å². The summed E-state index contributed by atoms with van der Waals surface area (Å²) in [7, 11) is 0. The highest BCUT2D eigenvalue weighted by Crippen LogP contribution is 2.33. The molecule has 0 bridgehead atoms. The third-order valence-electron chi connectivity index (χ3n) is 4.74. The molecule has 1 fully saturated rings. The molecule has 1 aromatic carbocycles. The zero-order valence-electron chi connectivity index (χ0n) is 12.7. The molecule has 1 aliphatic heterocycles. The van der Waals surface area contributed by atoms with E-state index in [1.807, 2.05) is 18.2 Å². The molecule has 1 aliphatic carbocycles. The molecule has 0 saturated heterocycles. The summed E-state index contributed by atoms with van der Waals surface area (Å²) in [4.78, 5) is 35.3. The van der Waals surface area contributed by atoms with Gasteiger partial charge in [-0.3, -0.25) is 14.4 Å². The van der Waals surface area contributed by atoms with Gasteiger partial charge in [-0.2, -0.15) is 0 Å². The standard InChI is InChI=1S/C17H20N2O4/c20-15-9-13(12-3-1-2-4-14(12)19-15)16(21)18-11-7-5-10(6-8-11)17(22)23/h1-4,10-11,13H,5-9H2,(H,18,21)(H,19,20)(H,22,23)/t10?,11?,13-/m0/s1. The fourth-order valence-corrected chi connectivity index (χ4v) is 3.43. The summed E-state index contributed by atoms with van der Waals surface area (Å²) in [5.41, 5.74) is 1.53. The molecule has 1 aromatic rings. The molecule has 3 N–H and O–H groups in total. The van der Waals surface area contributed by atoms with E-state index in [1.165, 1.54) is 0 Å². The summed E-state index contributed by atoms with van der Waals surface area (Å²) in [5, 5.41) is 14.8. The van der Waals surface area contributed by atoms with Gasteiger partial charge in [-0.15, -0.1) is 0 Å². The lowest BCUT2D eigenvalue weighted by Gasteiger charge is -2.30. The highest BCUT2D eigenvalue weighted by molar-refractivity contribution is 6.01. The Morgan fingerprint density at radius 3 is 2.52 bits per heavy atom. The lowest BCUT2D eigenvalue weighted by Crippen LogP contribution is -2.42. The number of carboxylic acid groups (broad SMARTS) is 1. The molecule has 0 spiro atoms. The molecule has 6 nitrogen and oxygen atoms in total. The fourth-order valence-electron chi connectivity index (χ4n) is 3.43. The van der Waals surface area contributed by atoms with Gasteiger partial charge in [0.2, 0.25) is 11.8 Å². The van der Waals surface area contributed by atoms with E-state index in [0.717, 1.165) is 5.56 Å². The zero-order valence-corrected chi connectivity index (χ0v) is 12.7. The van der Waals surface area contributed by atoms with Crippen LogP contribution in [0.4, 0.5) is 5.69 Å². The van der Waals surface area contributed by atoms with Crippen LogP contribution in [0.25, 0.3) is 0 Å². The van der Waals surface area contributed by atoms with Crippen LogP contribution in [-0.4, -0.2) is 28.9 Å². The molecule has 0 aromatic heterocycles. The van der Waals surface area contributed by atoms with E-state index in [9.17, 15) is 14.4 Å². The lowest BCUT2D eigenvalue weighted by molar-refractivity contribution is -0.142. The number of fused-ring (bicyclic) bond motifs is 1. The summed E-state index contributed by atoms with van der Waals surface area (Å²) in [5.74, 6) is -1.83. The lowest BCUT2D eigenvalue weighted by atomic mass is 9.85. The Kier molecular flexibility index (Phi) is 4.32. The summed E-state index contributed by atoms with van der Waals surface area (Å²) >= 11 is 0. The van der Waals surface area contributed by atoms with Gasteiger partial charge >= 0.3 is 5.97 Å². The van der Waals surface area contributed by atoms with Gasteiger partial charge in [0.15, 0.2) is 0 Å². The van der Waals surface area contributed by atoms with Gasteiger partial charge in [0.25, 0.3) is 0 Å². The largest absolute Gasteiger partial charge is 0.481 e. The second-order valence-corrected chi connectivity index (χ2v) is 6.29. The van der Waals surface area contributed by atoms with Gasteiger partial charge < -0.3 is 15.7 Å². The van der Waals surface area contributed by atoms with Crippen molar-refractivity contribution >= 4 is 23.5 Å². The summed E-state index contributed by atoms with van der Waals surface area (Å²) < 4.78 is 0. The van der Waals surface area contributed by atoms with Crippen molar-refractivity contribution in [2.45, 2.75) is 44.1 Å². The van der Waals surface area contributed by atoms with Gasteiger partial charge in [0.1, 0.15) is 0 Å². The summed E-state index contributed by atoms with van der Waals surface area (Å²) in [6, 6.07) is 7.34. The Hall–Kier alpha value is -2.37. The molecule has 1 atom stereocenters. The number of carboxylic acids is 1. The molecule has 23 heavy (non-hydrogen) atoms. The van der Waals surface area contributed by atoms with Crippen molar-refractivity contribution in [2.24, 2.45) is 5.92 Å². The van der Waals surface area contributed by atoms with E-state index < -0.39 is 11.9 Å². The molecule has 1 saturated carbocycles. The molecule has 0 unspecified atom stereocenters. The van der Waals surface area contributed by atoms with Crippen LogP contribution in [0, 0.1) is 5.92 Å². The number of hydrogen-bond acceptors (Lipinski definition) is 3. The highest BCUT2D eigenvalue weighted by atomic mass is 16.4. The average molecular weight is 316 g/mol. The number of hydrogen-bond donors (Lipinski definition) is 3. The topological polar surface area (TPSA) is 95.5 Å². The van der Waals surface area contributed by atoms with Gasteiger partial charge in [0.05, 0.1) is 11.8 Å². The maximum absolute atomic E-state index is 12.6. The van der Waals surface area contributed by atoms with Gasteiger partial charge in [-0.25, -0.2) is 0 Å². The Bertz CT molecular complexity index is 635. The third-order valence-corrected chi connectivity index (χ3v) is 4.74. The van der Waals surface area contributed by atoms with Crippen LogP contribution in [0.2, 0.25) is 0 Å². The van der Waals surface area contributed by atoms with Crippen LogP contribution in [0.3, 0.4) is 0 Å². The van der Waals surface area contributed by atoms with Crippen LogP contribution in [0.15, 0.2) is 24.3 Å². The van der Waals surface area contributed by atoms with E-state index in [-0.39, 0.29) is 30.2 Å². The van der Waals surface area contributed by atoms with Crippen molar-refractivity contribution in [1.82, 2.24) is 5.32 Å². The van der Waals surface area contributed by atoms with E-state index in [0.29, 0.717) is 31.4 Å². The summed E-state index contributed by atoms with van der Waals surface area (Å²) in [6.07, 6.45) is 2.66. The van der Waals surface area contributed by atoms with Crippen molar-refractivity contribution in [2.75, 3.05) is 5.32 Å². The Morgan fingerprint density at radius 2 is 1.83 bits per heavy atom. The number of rotatable bonds is 3. The third kappa shape index (κ3) is 3.36. The predicted octanol–water partition coefficient (Wildman–Crippen LogP) is 1.87. The molecule has 2 amide bonds. The average Bonchev–Trinajstić information content (AvgIpc) is 2.54. The molecular weight excluding hydrogens is 296 g/mol. The number of aliphatic carboxylic acids is 1. The number of para-hydroxylation sites is 1. The normalized spacial score (nSPS) is 26.8. The van der Waals surface area contributed by atoms with E-state index in [1.54, 1.807) is 6.07 Å². The quantitative estimate of drug-likeness (QED) is 0.793. The second-order valence-electron chi connectivity index (χ2n) is 6.29. The van der Waals surface area contributed by atoms with Crippen LogP contribution in [0.5, 0.6) is 0 Å². The minimum atomic E-state index is -0.757. The first kappa shape index (κ1) is 15.5. The van der Waals surface area contributed by atoms with Crippen molar-refractivity contribution < 1.29 is 19.5 Å². The first-order chi connectivity index (χ1) is 11.0. The fraction of sp³-hybridized carbons (Fsp3) is 0.471. The van der Waals surface area contributed by atoms with E-state index >= 15 is 0 Å². The maximum Gasteiger partial charge on any atom is 0.306 e. The highest BCUT2D eigenvalue weighted by Gasteiger charge is 2.33. The molecule has 2 aliphatic rings. The minimum absolute atomic E-state index is 0.00440. The number of amides is 2. The Labute approximate surface area is 134 Å². The van der Waals surface area contributed by atoms with Crippen molar-refractivity contribution in [1.29, 1.82) is 0 Å². The van der Waals surface area contributed by atoms with Crippen molar-refractivity contribution in [3.05, 3.63) is 29.8 Å². The Morgan fingerprint density at radius 1 is 1.13 bits per heavy atom. The van der Waals surface area contributed by atoms with E-state index in [4.69, 9.17) is 5.11 Å². The molecule has 3 rings (SSSR count). The minimum Gasteiger partial charge on any atom is -0.481 e. The van der Waals surface area contributed by atoms with Gasteiger partial charge in [-0.05, 0) is 37.3 Å². The molecule has 6 heteroatoms. The summed E-state index contributed by atoms with van der Waals surface area (Å²) in [6.45, 7) is 0. The van der Waals surface area contributed by atoms with Crippen LogP contribution in [0.1, 0.15) is 43.6 Å². The molecular formula is C17H20N2O4. The van der Waals surface area contributed by atoms with E-state index in [2.05, 4.69) is 10.6 Å². The number of anilines is 1. The molecule has 1 heterocycles. The maximum atomic E-state index is 12.6. The second kappa shape index (κ2) is 6.40. The first-order valence-corrected chi connectivity index (χ1v) is 7.96. The monoisotopic (exact) mass is 316 g/mol. The van der Waals surface area contributed by atoms with Gasteiger partial charge in [0, 0.05) is 18.2 Å². The first-order valence-electron chi connectivity index (χ1n) is 7.96. The van der Waals surface area contributed by atoms with Crippen molar-refractivity contribution in [3.8, 4) is 0 Å². The van der Waals surface area contributed by atoms with Crippen LogP contribution < -0.4 is 10.6 Å². The molecule has 122 valence electrons. The Balaban J connectivity index is 1.65. The smallest absolute Gasteiger partial charge is 0.306 e. The van der Waals surface area contributed by atoms with Crippen LogP contribution >= 0.6 is 0 Å². The zero-order chi connectivity index (χ0) is 16.4. The molecule has 0 radical (unpaired) electrons. The number of carbonyl (C=O) groups is 3. The SMILES string of the molecule is O=C1C[C@H](C(=O)NC2CCC(C(=O)O)CC2)c2ccccc2N1. The van der Waals surface area contributed by atoms with Crippen LogP contribution in [-0.2, 0) is 14.4 Å². The number of benzene rings is 1. The van der Waals surface area contributed by atoms with Crippen molar-refractivity contribution in [3.63, 3.8) is 0 Å². The number of carbonyl (C=O) groups excluding carboxylic acids is 2. The predicted molar refractivity (Wildman–Crippen MR) is 84.0 cm³/mol. The number of nitrogens with one attached hydrogen (secondary N) is 2.